The zero-order valence-electron chi connectivity index (χ0n) is 18.1. The molecule has 2 aromatic heterocycles. The second-order valence-electron chi connectivity index (χ2n) is 8.43. The number of fused-ring (bicyclic) bond motifs is 1. The monoisotopic (exact) mass is 398 g/mol. The lowest BCUT2D eigenvalue weighted by molar-refractivity contribution is -0.122. The summed E-state index contributed by atoms with van der Waals surface area (Å²) in [4.78, 5) is 21.9. The smallest absolute Gasteiger partial charge is 0.147 e. The molecule has 0 aliphatic rings. The normalized spacial score (nSPS) is 11.8. The maximum absolute atomic E-state index is 13.3. The molecule has 0 amide bonds. The first kappa shape index (κ1) is 20.0. The fraction of sp³-hybridized carbons (Fsp3) is 0.280. The molecule has 0 atom stereocenters. The lowest BCUT2D eigenvalue weighted by Crippen LogP contribution is -2.31. The van der Waals surface area contributed by atoms with Crippen LogP contribution in [-0.4, -0.2) is 25.5 Å². The van der Waals surface area contributed by atoms with E-state index in [1.165, 1.54) is 0 Å². The molecule has 0 fully saturated rings. The maximum Gasteiger partial charge on any atom is 0.147 e. The van der Waals surface area contributed by atoms with Gasteiger partial charge in [0.1, 0.15) is 11.6 Å². The summed E-state index contributed by atoms with van der Waals surface area (Å²) >= 11 is 0. The molecule has 0 bridgehead atoms. The fourth-order valence-corrected chi connectivity index (χ4v) is 3.94. The van der Waals surface area contributed by atoms with Crippen molar-refractivity contribution in [3.63, 3.8) is 0 Å². The quantitative estimate of drug-likeness (QED) is 0.487. The Morgan fingerprint density at radius 1 is 0.967 bits per heavy atom. The largest absolute Gasteiger partial charge is 0.298 e. The summed E-state index contributed by atoms with van der Waals surface area (Å²) in [7, 11) is 1.92. The second-order valence-corrected chi connectivity index (χ2v) is 8.43. The molecule has 5 heteroatoms. The molecule has 0 N–H and O–H groups in total. The summed E-state index contributed by atoms with van der Waals surface area (Å²) in [6.45, 7) is 7.95. The van der Waals surface area contributed by atoms with E-state index in [9.17, 15) is 4.79 Å². The molecule has 152 valence electrons. The van der Waals surface area contributed by atoms with Gasteiger partial charge in [0.2, 0.25) is 0 Å². The van der Waals surface area contributed by atoms with Gasteiger partial charge in [-0.05, 0) is 56.0 Å². The van der Waals surface area contributed by atoms with E-state index in [0.717, 1.165) is 44.5 Å². The molecule has 0 radical (unpaired) electrons. The van der Waals surface area contributed by atoms with E-state index in [4.69, 9.17) is 0 Å². The van der Waals surface area contributed by atoms with Gasteiger partial charge in [-0.1, -0.05) is 30.3 Å². The number of ketones is 1. The number of benzene rings is 2. The summed E-state index contributed by atoms with van der Waals surface area (Å²) in [5, 5.41) is 5.37. The van der Waals surface area contributed by atoms with E-state index in [0.29, 0.717) is 6.42 Å². The SMILES string of the molecule is Cc1ncc(-c2ccc(C(C)(C)C(=O)Cc3ccc4cnn(C)c4c3)c(C)c2)cn1. The minimum Gasteiger partial charge on any atom is -0.298 e. The Kier molecular flexibility index (Phi) is 4.98. The molecule has 0 saturated carbocycles. The van der Waals surface area contributed by atoms with E-state index in [-0.39, 0.29) is 5.78 Å². The predicted molar refractivity (Wildman–Crippen MR) is 119 cm³/mol. The summed E-state index contributed by atoms with van der Waals surface area (Å²) in [5.41, 5.74) is 5.63. The van der Waals surface area contributed by atoms with Crippen LogP contribution in [0.1, 0.15) is 36.4 Å². The third kappa shape index (κ3) is 3.63. The number of Topliss-reactive ketones (excluding diaryl/α,β-unsaturated/α-hetero) is 1. The van der Waals surface area contributed by atoms with E-state index in [2.05, 4.69) is 40.2 Å². The van der Waals surface area contributed by atoms with Crippen LogP contribution >= 0.6 is 0 Å². The van der Waals surface area contributed by atoms with Crippen LogP contribution in [-0.2, 0) is 23.7 Å². The predicted octanol–water partition coefficient (Wildman–Crippen LogP) is 4.74. The van der Waals surface area contributed by atoms with Gasteiger partial charge in [0.25, 0.3) is 0 Å². The average molecular weight is 399 g/mol. The van der Waals surface area contributed by atoms with Crippen LogP contribution in [0.3, 0.4) is 0 Å². The third-order valence-corrected chi connectivity index (χ3v) is 5.89. The standard InChI is InChI=1S/C25H26N4O/c1-16-10-19(21-13-26-17(2)27-14-21)8-9-22(16)25(3,4)24(30)12-18-6-7-20-15-28-29(5)23(20)11-18/h6-11,13-15H,12H2,1-5H3. The molecule has 0 aliphatic heterocycles. The second kappa shape index (κ2) is 7.48. The Bertz CT molecular complexity index is 1240. The number of carbonyl (C=O) groups is 1. The van der Waals surface area contributed by atoms with Gasteiger partial charge in [-0.15, -0.1) is 0 Å². The lowest BCUT2D eigenvalue weighted by Gasteiger charge is -2.26. The summed E-state index contributed by atoms with van der Waals surface area (Å²) in [6.07, 6.45) is 5.90. The van der Waals surface area contributed by atoms with Gasteiger partial charge in [0.05, 0.1) is 11.7 Å². The van der Waals surface area contributed by atoms with E-state index in [1.807, 2.05) is 69.3 Å². The first-order valence-corrected chi connectivity index (χ1v) is 10.1. The number of hydrogen-bond acceptors (Lipinski definition) is 4. The minimum atomic E-state index is -0.589. The van der Waals surface area contributed by atoms with Gasteiger partial charge >= 0.3 is 0 Å². The number of aromatic nitrogens is 4. The van der Waals surface area contributed by atoms with Gasteiger partial charge in [-0.2, -0.15) is 5.10 Å². The first-order chi connectivity index (χ1) is 14.3. The number of hydrogen-bond donors (Lipinski definition) is 0. The van der Waals surface area contributed by atoms with Gasteiger partial charge in [0, 0.05) is 42.2 Å². The average Bonchev–Trinajstić information content (AvgIpc) is 3.08. The number of rotatable bonds is 5. The molecule has 2 aromatic carbocycles. The van der Waals surface area contributed by atoms with Crippen LogP contribution in [0, 0.1) is 13.8 Å². The molecule has 4 aromatic rings. The maximum atomic E-state index is 13.3. The van der Waals surface area contributed by atoms with Crippen LogP contribution in [0.25, 0.3) is 22.0 Å². The number of aryl methyl sites for hydroxylation is 3. The number of carbonyl (C=O) groups excluding carboxylic acids is 1. The molecule has 2 heterocycles. The highest BCUT2D eigenvalue weighted by molar-refractivity contribution is 5.92. The molecule has 0 saturated heterocycles. The lowest BCUT2D eigenvalue weighted by atomic mass is 9.76. The van der Waals surface area contributed by atoms with Crippen LogP contribution in [0.4, 0.5) is 0 Å². The topological polar surface area (TPSA) is 60.7 Å². The Labute approximate surface area is 176 Å². The highest BCUT2D eigenvalue weighted by Gasteiger charge is 2.31. The highest BCUT2D eigenvalue weighted by atomic mass is 16.1. The molecular formula is C25H26N4O. The van der Waals surface area contributed by atoms with Gasteiger partial charge in [-0.25, -0.2) is 9.97 Å². The molecular weight excluding hydrogens is 372 g/mol. The van der Waals surface area contributed by atoms with E-state index in [1.54, 1.807) is 0 Å². The van der Waals surface area contributed by atoms with Crippen molar-refractivity contribution in [2.75, 3.05) is 0 Å². The summed E-state index contributed by atoms with van der Waals surface area (Å²) < 4.78 is 1.84. The summed E-state index contributed by atoms with van der Waals surface area (Å²) in [5.74, 6) is 0.946. The van der Waals surface area contributed by atoms with Crippen molar-refractivity contribution in [1.82, 2.24) is 19.7 Å². The first-order valence-electron chi connectivity index (χ1n) is 10.1. The molecule has 0 aliphatic carbocycles. The molecule has 30 heavy (non-hydrogen) atoms. The van der Waals surface area contributed by atoms with E-state index < -0.39 is 5.41 Å². The van der Waals surface area contributed by atoms with Crippen molar-refractivity contribution >= 4 is 16.7 Å². The van der Waals surface area contributed by atoms with Crippen molar-refractivity contribution in [2.45, 2.75) is 39.5 Å². The Hall–Kier alpha value is -3.34. The minimum absolute atomic E-state index is 0.193. The molecule has 5 nitrogen and oxygen atoms in total. The number of nitrogens with zero attached hydrogens (tertiary/aromatic N) is 4. The van der Waals surface area contributed by atoms with E-state index >= 15 is 0 Å². The molecule has 4 rings (SSSR count). The van der Waals surface area contributed by atoms with Gasteiger partial charge < -0.3 is 0 Å². The zero-order chi connectivity index (χ0) is 21.5. The van der Waals surface area contributed by atoms with Crippen LogP contribution < -0.4 is 0 Å². The molecule has 0 unspecified atom stereocenters. The van der Waals surface area contributed by atoms with Crippen LogP contribution in [0.5, 0.6) is 0 Å². The van der Waals surface area contributed by atoms with Crippen LogP contribution in [0.15, 0.2) is 55.0 Å². The fourth-order valence-electron chi connectivity index (χ4n) is 3.94. The van der Waals surface area contributed by atoms with Crippen molar-refractivity contribution in [1.29, 1.82) is 0 Å². The third-order valence-electron chi connectivity index (χ3n) is 5.89. The van der Waals surface area contributed by atoms with Gasteiger partial charge in [0.15, 0.2) is 0 Å². The Balaban J connectivity index is 1.60. The summed E-state index contributed by atoms with van der Waals surface area (Å²) in [6, 6.07) is 12.3. The zero-order valence-corrected chi connectivity index (χ0v) is 18.1. The Morgan fingerprint density at radius 2 is 1.70 bits per heavy atom. The van der Waals surface area contributed by atoms with Crippen molar-refractivity contribution < 1.29 is 4.79 Å². The van der Waals surface area contributed by atoms with Crippen molar-refractivity contribution in [3.8, 4) is 11.1 Å². The van der Waals surface area contributed by atoms with Crippen molar-refractivity contribution in [2.24, 2.45) is 7.05 Å². The van der Waals surface area contributed by atoms with Crippen LogP contribution in [0.2, 0.25) is 0 Å². The van der Waals surface area contributed by atoms with Gasteiger partial charge in [-0.3, -0.25) is 9.48 Å². The Morgan fingerprint density at radius 3 is 2.40 bits per heavy atom. The molecule has 0 spiro atoms. The highest BCUT2D eigenvalue weighted by Crippen LogP contribution is 2.32. The van der Waals surface area contributed by atoms with Crippen molar-refractivity contribution in [3.05, 3.63) is 77.5 Å².